The molecule has 4 heterocycles. The van der Waals surface area contributed by atoms with Gasteiger partial charge < -0.3 is 37.9 Å². The van der Waals surface area contributed by atoms with Crippen molar-refractivity contribution < 1.29 is 127 Å². The number of hydrogen-bond donors (Lipinski definition) is 0. The van der Waals surface area contributed by atoms with E-state index in [9.17, 15) is 89.4 Å². The van der Waals surface area contributed by atoms with Gasteiger partial charge >= 0.3 is 23.9 Å². The maximum atomic E-state index is 14.9. The van der Waals surface area contributed by atoms with Crippen LogP contribution in [0.4, 0.5) is 70.2 Å². The van der Waals surface area contributed by atoms with Crippen molar-refractivity contribution in [3.63, 3.8) is 0 Å². The zero-order valence-corrected chi connectivity index (χ0v) is 69.8. The number of ether oxygens (including phenoxy) is 8. The summed E-state index contributed by atoms with van der Waals surface area (Å²) in [6.07, 6.45) is 6.16. The molecule has 9 fully saturated rings. The summed E-state index contributed by atoms with van der Waals surface area (Å²) in [6, 6.07) is 0. The van der Waals surface area contributed by atoms with Gasteiger partial charge in [-0.1, -0.05) is 33.1 Å². The van der Waals surface area contributed by atoms with Gasteiger partial charge in [-0.15, -0.1) is 0 Å². The van der Waals surface area contributed by atoms with Gasteiger partial charge in [-0.3, -0.25) is 19.2 Å². The minimum atomic E-state index is -3.87. The number of esters is 4. The fourth-order valence-electron chi connectivity index (χ4n) is 15.8. The zero-order chi connectivity index (χ0) is 82.7. The molecule has 0 spiro atoms. The van der Waals surface area contributed by atoms with Crippen molar-refractivity contribution in [1.82, 2.24) is 0 Å². The molecule has 9 rings (SSSR count). The predicted octanol–water partition coefficient (Wildman–Crippen LogP) is 22.0. The van der Waals surface area contributed by atoms with Crippen LogP contribution < -0.4 is 0 Å². The number of hydrogen-bond acceptors (Lipinski definition) is 16. The zero-order valence-electron chi connectivity index (χ0n) is 66.5. The van der Waals surface area contributed by atoms with Crippen molar-refractivity contribution in [2.75, 3.05) is 98.9 Å². The van der Waals surface area contributed by atoms with Crippen LogP contribution in [0.2, 0.25) is 0 Å². The molecule has 0 aromatic heterocycles. The molecule has 4 saturated heterocycles. The summed E-state index contributed by atoms with van der Waals surface area (Å²) in [5, 5.41) is 0. The molecule has 32 heteroatoms. The molecule has 0 N–H and O–H groups in total. The lowest BCUT2D eigenvalue weighted by Gasteiger charge is -2.55. The number of alkyl halides is 16. The summed E-state index contributed by atoms with van der Waals surface area (Å²) >= 11 is 7.60. The monoisotopic (exact) mass is 1700 g/mol. The molecule has 650 valence electrons. The number of rotatable bonds is 39. The maximum absolute atomic E-state index is 14.9. The molecule has 0 aromatic rings. The van der Waals surface area contributed by atoms with Gasteiger partial charge in [0.1, 0.15) is 0 Å². The van der Waals surface area contributed by atoms with Crippen LogP contribution in [-0.2, 0) is 57.1 Å². The van der Waals surface area contributed by atoms with E-state index in [-0.39, 0.29) is 26.4 Å². The van der Waals surface area contributed by atoms with E-state index in [4.69, 9.17) is 37.9 Å². The van der Waals surface area contributed by atoms with Crippen molar-refractivity contribution in [1.29, 1.82) is 0 Å². The Morgan fingerprint density at radius 2 is 0.640 bits per heavy atom. The van der Waals surface area contributed by atoms with E-state index >= 15 is 0 Å². The maximum Gasteiger partial charge on any atom is 0.312 e. The predicted molar refractivity (Wildman–Crippen MR) is 404 cm³/mol. The van der Waals surface area contributed by atoms with Gasteiger partial charge in [0.2, 0.25) is 0 Å². The Kier molecular flexibility index (Phi) is 41.2. The van der Waals surface area contributed by atoms with Crippen molar-refractivity contribution in [3.05, 3.63) is 0 Å². The Bertz CT molecular complexity index is 2650. The lowest BCUT2D eigenvalue weighted by molar-refractivity contribution is -0.215. The Morgan fingerprint density at radius 1 is 0.369 bits per heavy atom. The van der Waals surface area contributed by atoms with Crippen LogP contribution in [0.25, 0.3) is 0 Å². The third-order valence-corrected chi connectivity index (χ3v) is 25.9. The molecule has 9 aliphatic rings. The molecular weight excluding hydrogens is 1570 g/mol. The lowest BCUT2D eigenvalue weighted by Crippen LogP contribution is -2.53. The van der Waals surface area contributed by atoms with Gasteiger partial charge in [-0.05, 0) is 264 Å². The molecule has 4 atom stereocenters. The highest BCUT2D eigenvalue weighted by Crippen LogP contribution is 2.61. The first-order valence-electron chi connectivity index (χ1n) is 40.0. The van der Waals surface area contributed by atoms with E-state index in [2.05, 4.69) is 0 Å². The molecule has 4 aliphatic heterocycles. The summed E-state index contributed by atoms with van der Waals surface area (Å²) in [4.78, 5) is 49.1. The smallest absolute Gasteiger partial charge is 0.312 e. The third kappa shape index (κ3) is 38.7. The lowest BCUT2D eigenvalue weighted by atomic mass is 9.49. The van der Waals surface area contributed by atoms with Crippen molar-refractivity contribution in [3.8, 4) is 0 Å². The van der Waals surface area contributed by atoms with Crippen LogP contribution in [0.15, 0.2) is 0 Å². The molecule has 0 aromatic carbocycles. The van der Waals surface area contributed by atoms with E-state index in [0.29, 0.717) is 101 Å². The van der Waals surface area contributed by atoms with Gasteiger partial charge in [0.25, 0.3) is 47.4 Å². The normalized spacial score (nSPS) is 23.7. The van der Waals surface area contributed by atoms with Crippen molar-refractivity contribution >= 4 is 70.9 Å². The van der Waals surface area contributed by atoms with Gasteiger partial charge in [0, 0.05) is 26.4 Å². The fraction of sp³-hybridized carbons (Fsp3) is 0.949. The molecule has 12 nitrogen and oxygen atoms in total. The van der Waals surface area contributed by atoms with Crippen LogP contribution >= 0.6 is 47.0 Å². The van der Waals surface area contributed by atoms with Gasteiger partial charge in [0.05, 0.1) is 74.8 Å². The summed E-state index contributed by atoms with van der Waals surface area (Å²) < 4.78 is 263. The first-order valence-corrected chi connectivity index (χ1v) is 44.6. The topological polar surface area (TPSA) is 142 Å². The van der Waals surface area contributed by atoms with Crippen LogP contribution in [0.5, 0.6) is 0 Å². The highest BCUT2D eigenvalue weighted by Gasteiger charge is 2.59. The first-order chi connectivity index (χ1) is 51.5. The standard InChI is InChI=1S/C24H36F4O3S.C20H32F4O3S.C18H30F4O3S.C17H28F4O3S/c1-22(25,26)15-24(27,28)20(14-30-5-2-16-3-6-32-7-4-16)31-21(29)23-11-17-8-18(12-23)10-19(9-17)13-23;1-19(21,22)14-20(23,24)17(27-18(25)16-5-3-2-4-6-16)13-26-10-7-15-8-11-28-12-9-15;1-16(2,3)15(23)25-14(18(21,22)12-17(4,19)20)11-24-8-5-13-6-9-26-10-7-13;1-12(2)15(22)24-14(17(20,21)11-16(3,18)19)10-23-7-4-13-5-8-25-9-6-13/h16-20H,2-15H2,1H3;15-17H,2-14H2,1H3;13-14H,5-12H2,1-4H3;12-14H,4-11H2,1-3H3. The minimum absolute atomic E-state index is 0.248. The number of thioether (sulfide) groups is 4. The molecule has 0 radical (unpaired) electrons. The molecule has 5 saturated carbocycles. The van der Waals surface area contributed by atoms with Gasteiger partial charge in [-0.2, -0.15) is 47.0 Å². The van der Waals surface area contributed by atoms with E-state index < -0.39 is 170 Å². The number of carbonyl (C=O) groups excluding carboxylic acids is 4. The SMILES string of the molecule is CC(C)C(=O)OC(COCCC1CCSCC1)C(F)(F)CC(C)(F)F.CC(F)(F)CC(F)(F)C(COCCC1CCSCC1)OC(=O)C(C)(C)C.CC(F)(F)CC(F)(F)C(COCCC1CCSCC1)OC(=O)C12CC3CC(CC(C3)C1)C2.CC(F)(F)CC(F)(F)C(COCCC1CCSCC1)OC(=O)C1CCCCC1. The Hall–Kier alpha value is -2.00. The summed E-state index contributed by atoms with van der Waals surface area (Å²) in [5.41, 5.74) is -1.72. The summed E-state index contributed by atoms with van der Waals surface area (Å²) in [7, 11) is 0. The van der Waals surface area contributed by atoms with Crippen molar-refractivity contribution in [2.45, 2.75) is 307 Å². The summed E-state index contributed by atoms with van der Waals surface area (Å²) in [6.45, 7) is 8.08. The third-order valence-electron chi connectivity index (χ3n) is 21.7. The van der Waals surface area contributed by atoms with E-state index in [0.717, 1.165) is 162 Å². The van der Waals surface area contributed by atoms with Crippen LogP contribution in [0, 0.1) is 64.1 Å². The van der Waals surface area contributed by atoms with Crippen molar-refractivity contribution in [2.24, 2.45) is 64.1 Å². The van der Waals surface area contributed by atoms with E-state index in [1.54, 1.807) is 0 Å². The molecule has 0 amide bonds. The number of halogens is 16. The van der Waals surface area contributed by atoms with E-state index in [1.807, 2.05) is 47.0 Å². The second-order valence-electron chi connectivity index (χ2n) is 34.3. The highest BCUT2D eigenvalue weighted by atomic mass is 32.2. The van der Waals surface area contributed by atoms with Gasteiger partial charge in [0.15, 0.2) is 24.4 Å². The minimum Gasteiger partial charge on any atom is -0.453 e. The molecular formula is C79H126F16O12S4. The highest BCUT2D eigenvalue weighted by molar-refractivity contribution is 7.99. The van der Waals surface area contributed by atoms with Crippen LogP contribution in [0.3, 0.4) is 0 Å². The molecule has 111 heavy (non-hydrogen) atoms. The second-order valence-corrected chi connectivity index (χ2v) is 39.2. The fourth-order valence-corrected chi connectivity index (χ4v) is 20.6. The van der Waals surface area contributed by atoms with Crippen LogP contribution in [-0.4, -0.2) is 195 Å². The Labute approximate surface area is 665 Å². The molecule has 5 aliphatic carbocycles. The van der Waals surface area contributed by atoms with Gasteiger partial charge in [-0.25, -0.2) is 70.2 Å². The van der Waals surface area contributed by atoms with Crippen LogP contribution in [0.1, 0.15) is 236 Å². The number of carbonyl (C=O) groups is 4. The Balaban J connectivity index is 0.000000266. The Morgan fingerprint density at radius 3 is 0.910 bits per heavy atom. The quantitative estimate of drug-likeness (QED) is 0.0249. The average molecular weight is 1700 g/mol. The summed E-state index contributed by atoms with van der Waals surface area (Å²) in [5.74, 6) is -21.7. The average Bonchev–Trinajstić information content (AvgIpc) is 0.738. The second kappa shape index (κ2) is 46.0. The molecule has 4 unspecified atom stereocenters. The molecule has 4 bridgehead atoms. The van der Waals surface area contributed by atoms with E-state index in [1.165, 1.54) is 34.6 Å². The first kappa shape index (κ1) is 99.6. The largest absolute Gasteiger partial charge is 0.453 e.